The third kappa shape index (κ3) is 4.40. The molecule has 3 heterocycles. The highest BCUT2D eigenvalue weighted by atomic mass is 32.1. The van der Waals surface area contributed by atoms with E-state index in [1.165, 1.54) is 11.3 Å². The molecule has 0 saturated heterocycles. The van der Waals surface area contributed by atoms with Crippen molar-refractivity contribution in [1.29, 1.82) is 5.26 Å². The molecular formula is C19H20N6O2S. The average Bonchev–Trinajstić information content (AvgIpc) is 3.01. The third-order valence-corrected chi connectivity index (χ3v) is 4.61. The summed E-state index contributed by atoms with van der Waals surface area (Å²) in [6.07, 6.45) is 2.67. The molecule has 1 amide bonds. The van der Waals surface area contributed by atoms with Crippen LogP contribution in [0.4, 0.5) is 9.93 Å². The molecule has 3 aromatic heterocycles. The van der Waals surface area contributed by atoms with E-state index >= 15 is 0 Å². The summed E-state index contributed by atoms with van der Waals surface area (Å²) in [5, 5.41) is 12.2. The second-order valence-corrected chi connectivity index (χ2v) is 8.68. The molecule has 144 valence electrons. The van der Waals surface area contributed by atoms with E-state index in [9.17, 15) is 10.1 Å². The lowest BCUT2D eigenvalue weighted by molar-refractivity contribution is 0.0636. The Balaban J connectivity index is 1.83. The van der Waals surface area contributed by atoms with Crippen molar-refractivity contribution in [3.8, 4) is 17.5 Å². The Kier molecular flexibility index (Phi) is 5.00. The number of nitriles is 1. The maximum Gasteiger partial charge on any atom is 0.413 e. The lowest BCUT2D eigenvalue weighted by Crippen LogP contribution is -2.27. The van der Waals surface area contributed by atoms with Crippen LogP contribution in [0.5, 0.6) is 0 Å². The van der Waals surface area contributed by atoms with Crippen molar-refractivity contribution in [1.82, 2.24) is 19.9 Å². The topological polar surface area (TPSA) is 114 Å². The quantitative estimate of drug-likeness (QED) is 0.702. The van der Waals surface area contributed by atoms with Gasteiger partial charge in [0.15, 0.2) is 15.6 Å². The number of nitrogens with zero attached hydrogens (tertiary/aromatic N) is 5. The molecule has 0 fully saturated rings. The second-order valence-electron chi connectivity index (χ2n) is 7.70. The maximum absolute atomic E-state index is 11.9. The normalized spacial score (nSPS) is 11.9. The molecule has 0 atom stereocenters. The van der Waals surface area contributed by atoms with Crippen LogP contribution in [0.3, 0.4) is 0 Å². The van der Waals surface area contributed by atoms with Gasteiger partial charge in [-0.05, 0) is 46.2 Å². The molecule has 0 aliphatic rings. The maximum atomic E-state index is 11.9. The van der Waals surface area contributed by atoms with Gasteiger partial charge < -0.3 is 4.74 Å². The predicted molar refractivity (Wildman–Crippen MR) is 107 cm³/mol. The number of hydrogen-bond acceptors (Lipinski definition) is 8. The van der Waals surface area contributed by atoms with Gasteiger partial charge in [0.25, 0.3) is 0 Å². The molecule has 3 rings (SSSR count). The second kappa shape index (κ2) is 7.13. The van der Waals surface area contributed by atoms with Crippen molar-refractivity contribution in [2.45, 2.75) is 45.6 Å². The summed E-state index contributed by atoms with van der Waals surface area (Å²) in [7, 11) is 0. The number of pyridine rings is 1. The number of aromatic nitrogens is 4. The first-order valence-corrected chi connectivity index (χ1v) is 9.41. The van der Waals surface area contributed by atoms with Crippen LogP contribution in [0.2, 0.25) is 0 Å². The molecule has 0 aliphatic carbocycles. The first kappa shape index (κ1) is 19.6. The van der Waals surface area contributed by atoms with Crippen molar-refractivity contribution in [3.63, 3.8) is 0 Å². The van der Waals surface area contributed by atoms with Gasteiger partial charge in [-0.25, -0.2) is 14.8 Å². The summed E-state index contributed by atoms with van der Waals surface area (Å²) in [4.78, 5) is 30.0. The van der Waals surface area contributed by atoms with Crippen LogP contribution in [-0.2, 0) is 10.2 Å². The molecule has 28 heavy (non-hydrogen) atoms. The van der Waals surface area contributed by atoms with Crippen LogP contribution in [0.1, 0.15) is 40.2 Å². The van der Waals surface area contributed by atoms with Gasteiger partial charge in [0.1, 0.15) is 11.3 Å². The molecule has 0 bridgehead atoms. The number of carbonyl (C=O) groups is 1. The minimum atomic E-state index is -0.610. The number of ether oxygens (including phenoxy) is 1. The molecule has 3 aromatic rings. The van der Waals surface area contributed by atoms with E-state index in [0.29, 0.717) is 27.0 Å². The van der Waals surface area contributed by atoms with E-state index in [1.54, 1.807) is 33.2 Å². The van der Waals surface area contributed by atoms with Gasteiger partial charge in [0.05, 0.1) is 23.4 Å². The highest BCUT2D eigenvalue weighted by molar-refractivity contribution is 7.21. The third-order valence-electron chi connectivity index (χ3n) is 3.76. The molecule has 8 nitrogen and oxygen atoms in total. The van der Waals surface area contributed by atoms with Crippen molar-refractivity contribution >= 4 is 33.0 Å². The summed E-state index contributed by atoms with van der Waals surface area (Å²) in [6, 6.07) is 5.93. The van der Waals surface area contributed by atoms with Crippen molar-refractivity contribution < 1.29 is 9.53 Å². The summed E-state index contributed by atoms with van der Waals surface area (Å²) in [5.41, 5.74) is 1.28. The Morgan fingerprint density at radius 2 is 1.86 bits per heavy atom. The van der Waals surface area contributed by atoms with Crippen molar-refractivity contribution in [3.05, 3.63) is 30.1 Å². The van der Waals surface area contributed by atoms with Gasteiger partial charge >= 0.3 is 6.09 Å². The largest absolute Gasteiger partial charge is 0.444 e. The predicted octanol–water partition coefficient (Wildman–Crippen LogP) is 4.30. The fourth-order valence-electron chi connectivity index (χ4n) is 2.27. The van der Waals surface area contributed by atoms with Gasteiger partial charge in [0, 0.05) is 6.20 Å². The summed E-state index contributed by atoms with van der Waals surface area (Å²) >= 11 is 1.20. The van der Waals surface area contributed by atoms with E-state index in [1.807, 2.05) is 26.0 Å². The Hall–Kier alpha value is -3.12. The van der Waals surface area contributed by atoms with Crippen LogP contribution >= 0.6 is 11.3 Å². The van der Waals surface area contributed by atoms with E-state index < -0.39 is 17.1 Å². The van der Waals surface area contributed by atoms with Crippen LogP contribution in [0.15, 0.2) is 24.5 Å². The minimum Gasteiger partial charge on any atom is -0.444 e. The number of nitrogens with one attached hydrogen (secondary N) is 1. The Bertz CT molecular complexity index is 1060. The number of carbonyl (C=O) groups excluding carboxylic acids is 1. The Morgan fingerprint density at radius 3 is 2.46 bits per heavy atom. The number of thiazole rings is 1. The standard InChI is InChI=1S/C19H20N6O2S/c1-18(2,3)27-17(26)25-16-24-14-15(28-16)23-13(9-22-14)12-7-6-11(8-21-12)19(4,5)10-20/h6-9H,1-5H3,(H,22,24,25,26). The number of amides is 1. The van der Waals surface area contributed by atoms with E-state index in [-0.39, 0.29) is 0 Å². The molecule has 0 aromatic carbocycles. The van der Waals surface area contributed by atoms with Gasteiger partial charge in [-0.2, -0.15) is 10.2 Å². The zero-order chi connectivity index (χ0) is 20.5. The smallest absolute Gasteiger partial charge is 0.413 e. The summed E-state index contributed by atoms with van der Waals surface area (Å²) in [6.45, 7) is 9.04. The number of hydrogen-bond donors (Lipinski definition) is 1. The summed E-state index contributed by atoms with van der Waals surface area (Å²) in [5.74, 6) is 0. The van der Waals surface area contributed by atoms with Gasteiger partial charge in [-0.1, -0.05) is 17.4 Å². The van der Waals surface area contributed by atoms with Crippen LogP contribution in [0, 0.1) is 11.3 Å². The van der Waals surface area contributed by atoms with Crippen molar-refractivity contribution in [2.24, 2.45) is 0 Å². The molecule has 1 N–H and O–H groups in total. The number of anilines is 1. The first-order valence-electron chi connectivity index (χ1n) is 8.59. The fraction of sp³-hybridized carbons (Fsp3) is 0.368. The minimum absolute atomic E-state index is 0.362. The van der Waals surface area contributed by atoms with E-state index in [4.69, 9.17) is 4.74 Å². The lowest BCUT2D eigenvalue weighted by Gasteiger charge is -2.18. The molecule has 0 spiro atoms. The highest BCUT2D eigenvalue weighted by Gasteiger charge is 2.21. The zero-order valence-corrected chi connectivity index (χ0v) is 17.1. The first-order chi connectivity index (χ1) is 13.1. The molecule has 0 unspecified atom stereocenters. The van der Waals surface area contributed by atoms with Crippen LogP contribution in [-0.4, -0.2) is 31.6 Å². The average molecular weight is 396 g/mol. The monoisotopic (exact) mass is 396 g/mol. The Labute approximate surface area is 166 Å². The van der Waals surface area contributed by atoms with Gasteiger partial charge in [-0.3, -0.25) is 10.3 Å². The lowest BCUT2D eigenvalue weighted by atomic mass is 9.87. The molecular weight excluding hydrogens is 376 g/mol. The zero-order valence-electron chi connectivity index (χ0n) is 16.3. The van der Waals surface area contributed by atoms with Gasteiger partial charge in [0.2, 0.25) is 0 Å². The SMILES string of the molecule is CC(C)(C)OC(=O)Nc1nc2ncc(-c3ccc(C(C)(C)C#N)cn3)nc2s1. The highest BCUT2D eigenvalue weighted by Crippen LogP contribution is 2.27. The van der Waals surface area contributed by atoms with E-state index in [0.717, 1.165) is 5.56 Å². The van der Waals surface area contributed by atoms with Crippen LogP contribution in [0.25, 0.3) is 21.9 Å². The van der Waals surface area contributed by atoms with Crippen LogP contribution < -0.4 is 5.32 Å². The number of fused-ring (bicyclic) bond motifs is 1. The number of rotatable bonds is 3. The molecule has 0 aliphatic heterocycles. The molecule has 0 radical (unpaired) electrons. The van der Waals surface area contributed by atoms with E-state index in [2.05, 4.69) is 31.3 Å². The molecule has 0 saturated carbocycles. The summed E-state index contributed by atoms with van der Waals surface area (Å²) < 4.78 is 5.22. The Morgan fingerprint density at radius 1 is 1.11 bits per heavy atom. The van der Waals surface area contributed by atoms with Crippen molar-refractivity contribution in [2.75, 3.05) is 5.32 Å². The van der Waals surface area contributed by atoms with Gasteiger partial charge in [-0.15, -0.1) is 0 Å². The molecule has 9 heteroatoms. The fourth-order valence-corrected chi connectivity index (χ4v) is 3.05.